The largest absolute Gasteiger partial charge is 0.312 e. The molecule has 0 spiro atoms. The second-order valence-corrected chi connectivity index (χ2v) is 7.76. The first kappa shape index (κ1) is 15.0. The van der Waals surface area contributed by atoms with Crippen LogP contribution in [0.5, 0.6) is 0 Å². The van der Waals surface area contributed by atoms with Gasteiger partial charge in [0.1, 0.15) is 9.84 Å². The molecule has 98 valence electrons. The molecule has 3 nitrogen and oxygen atoms in total. The van der Waals surface area contributed by atoms with Gasteiger partial charge in [0.15, 0.2) is 0 Å². The zero-order valence-corrected chi connectivity index (χ0v) is 12.7. The molecule has 0 aliphatic carbocycles. The lowest BCUT2D eigenvalue weighted by atomic mass is 10.1. The molecule has 0 aromatic carbocycles. The summed E-state index contributed by atoms with van der Waals surface area (Å²) in [6.07, 6.45) is 2.70. The highest BCUT2D eigenvalue weighted by Crippen LogP contribution is 2.34. The number of sulfone groups is 1. The van der Waals surface area contributed by atoms with E-state index in [1.165, 1.54) is 6.26 Å². The third-order valence-electron chi connectivity index (χ3n) is 2.60. The first-order valence-corrected chi connectivity index (χ1v) is 8.75. The van der Waals surface area contributed by atoms with Crippen LogP contribution in [0.4, 0.5) is 0 Å². The second kappa shape index (κ2) is 6.18. The second-order valence-electron chi connectivity index (χ2n) is 4.21. The first-order chi connectivity index (χ1) is 7.85. The average molecular weight is 296 g/mol. The Morgan fingerprint density at radius 2 is 2.18 bits per heavy atom. The van der Waals surface area contributed by atoms with E-state index in [0.29, 0.717) is 6.42 Å². The molecule has 1 aromatic rings. The van der Waals surface area contributed by atoms with Gasteiger partial charge in [0.25, 0.3) is 0 Å². The van der Waals surface area contributed by atoms with Crippen LogP contribution in [0.3, 0.4) is 0 Å². The number of hydrogen-bond acceptors (Lipinski definition) is 4. The number of halogens is 1. The molecule has 1 N–H and O–H groups in total. The quantitative estimate of drug-likeness (QED) is 0.878. The number of aryl methyl sites for hydroxylation is 1. The smallest absolute Gasteiger partial charge is 0.147 e. The van der Waals surface area contributed by atoms with Gasteiger partial charge in [-0.2, -0.15) is 0 Å². The molecule has 0 amide bonds. The van der Waals surface area contributed by atoms with Crippen LogP contribution in [0.2, 0.25) is 5.02 Å². The molecule has 0 radical (unpaired) electrons. The van der Waals surface area contributed by atoms with Gasteiger partial charge in [-0.1, -0.05) is 11.6 Å². The Labute approximate surface area is 112 Å². The minimum atomic E-state index is -2.87. The highest BCUT2D eigenvalue weighted by atomic mass is 35.5. The average Bonchev–Trinajstić information content (AvgIpc) is 2.54. The van der Waals surface area contributed by atoms with E-state index in [4.69, 9.17) is 11.6 Å². The highest BCUT2D eigenvalue weighted by Gasteiger charge is 2.16. The zero-order valence-electron chi connectivity index (χ0n) is 10.3. The summed E-state index contributed by atoms with van der Waals surface area (Å²) in [5.74, 6) is 0.229. The molecular weight excluding hydrogens is 278 g/mol. The van der Waals surface area contributed by atoms with E-state index >= 15 is 0 Å². The van der Waals surface area contributed by atoms with Gasteiger partial charge in [-0.25, -0.2) is 8.42 Å². The first-order valence-electron chi connectivity index (χ1n) is 5.43. The Balaban J connectivity index is 2.64. The number of hydrogen-bond donors (Lipinski definition) is 1. The Hall–Kier alpha value is -0.100. The van der Waals surface area contributed by atoms with Gasteiger partial charge in [0.2, 0.25) is 0 Å². The van der Waals surface area contributed by atoms with Crippen molar-refractivity contribution in [3.05, 3.63) is 20.8 Å². The number of nitrogens with one attached hydrogen (secondary N) is 1. The van der Waals surface area contributed by atoms with Crippen LogP contribution in [-0.2, 0) is 9.84 Å². The third kappa shape index (κ3) is 4.58. The lowest BCUT2D eigenvalue weighted by Crippen LogP contribution is -2.17. The van der Waals surface area contributed by atoms with Gasteiger partial charge in [0, 0.05) is 22.9 Å². The van der Waals surface area contributed by atoms with E-state index in [-0.39, 0.29) is 11.8 Å². The van der Waals surface area contributed by atoms with E-state index < -0.39 is 9.84 Å². The van der Waals surface area contributed by atoms with Gasteiger partial charge in [-0.3, -0.25) is 0 Å². The summed E-state index contributed by atoms with van der Waals surface area (Å²) in [4.78, 5) is 1.10. The highest BCUT2D eigenvalue weighted by molar-refractivity contribution is 7.90. The normalized spacial score (nSPS) is 13.9. The van der Waals surface area contributed by atoms with Crippen molar-refractivity contribution >= 4 is 32.8 Å². The molecule has 1 atom stereocenters. The lowest BCUT2D eigenvalue weighted by Gasteiger charge is -2.15. The molecule has 0 aliphatic heterocycles. The fourth-order valence-corrected chi connectivity index (χ4v) is 3.80. The SMILES string of the molecule is CNC(CCCS(C)(=O)=O)c1scc(C)c1Cl. The summed E-state index contributed by atoms with van der Waals surface area (Å²) in [6.45, 7) is 1.98. The van der Waals surface area contributed by atoms with Crippen molar-refractivity contribution < 1.29 is 8.42 Å². The monoisotopic (exact) mass is 295 g/mol. The molecule has 1 unspecified atom stereocenters. The summed E-state index contributed by atoms with van der Waals surface area (Å²) in [7, 11) is -1.00. The van der Waals surface area contributed by atoms with Crippen molar-refractivity contribution in [2.45, 2.75) is 25.8 Å². The summed E-state index contributed by atoms with van der Waals surface area (Å²) < 4.78 is 22.1. The fourth-order valence-electron chi connectivity index (χ4n) is 1.64. The maximum Gasteiger partial charge on any atom is 0.147 e. The Bertz CT molecular complexity index is 468. The molecule has 0 saturated heterocycles. The van der Waals surface area contributed by atoms with Crippen LogP contribution in [0, 0.1) is 6.92 Å². The summed E-state index contributed by atoms with van der Waals surface area (Å²) >= 11 is 7.83. The molecule has 1 rings (SSSR count). The van der Waals surface area contributed by atoms with Crippen molar-refractivity contribution in [2.24, 2.45) is 0 Å². The van der Waals surface area contributed by atoms with Gasteiger partial charge < -0.3 is 5.32 Å². The maximum absolute atomic E-state index is 11.1. The lowest BCUT2D eigenvalue weighted by molar-refractivity contribution is 0.543. The van der Waals surface area contributed by atoms with E-state index in [1.54, 1.807) is 11.3 Å². The summed E-state index contributed by atoms with van der Waals surface area (Å²) in [5.41, 5.74) is 1.08. The molecule has 17 heavy (non-hydrogen) atoms. The van der Waals surface area contributed by atoms with Crippen molar-refractivity contribution in [2.75, 3.05) is 19.1 Å². The topological polar surface area (TPSA) is 46.2 Å². The van der Waals surface area contributed by atoms with E-state index in [0.717, 1.165) is 21.9 Å². The van der Waals surface area contributed by atoms with Crippen LogP contribution >= 0.6 is 22.9 Å². The fraction of sp³-hybridized carbons (Fsp3) is 0.636. The Kier molecular flexibility index (Phi) is 5.44. The van der Waals surface area contributed by atoms with Gasteiger partial charge in [-0.05, 0) is 37.8 Å². The van der Waals surface area contributed by atoms with Crippen molar-refractivity contribution in [1.82, 2.24) is 5.32 Å². The van der Waals surface area contributed by atoms with Gasteiger partial charge in [0.05, 0.1) is 5.02 Å². The summed E-state index contributed by atoms with van der Waals surface area (Å²) in [6, 6.07) is 0.142. The molecule has 0 fully saturated rings. The third-order valence-corrected chi connectivity index (χ3v) is 5.46. The van der Waals surface area contributed by atoms with E-state index in [1.807, 2.05) is 19.4 Å². The molecule has 0 aliphatic rings. The van der Waals surface area contributed by atoms with E-state index in [9.17, 15) is 8.42 Å². The van der Waals surface area contributed by atoms with Crippen molar-refractivity contribution in [3.63, 3.8) is 0 Å². The molecule has 1 heterocycles. The number of thiophene rings is 1. The molecule has 0 bridgehead atoms. The van der Waals surface area contributed by atoms with E-state index in [2.05, 4.69) is 5.32 Å². The molecule has 1 aromatic heterocycles. The predicted molar refractivity (Wildman–Crippen MR) is 74.8 cm³/mol. The molecule has 6 heteroatoms. The van der Waals surface area contributed by atoms with Crippen LogP contribution in [0.15, 0.2) is 5.38 Å². The standard InChI is InChI=1S/C11H18ClNO2S2/c1-8-7-16-11(10(8)12)9(13-2)5-4-6-17(3,14)15/h7,9,13H,4-6H2,1-3H3. The maximum atomic E-state index is 11.1. The predicted octanol–water partition coefficient (Wildman–Crippen LogP) is 2.80. The Morgan fingerprint density at radius 3 is 2.59 bits per heavy atom. The minimum Gasteiger partial charge on any atom is -0.312 e. The Morgan fingerprint density at radius 1 is 1.53 bits per heavy atom. The van der Waals surface area contributed by atoms with Crippen molar-refractivity contribution in [3.8, 4) is 0 Å². The van der Waals surface area contributed by atoms with Crippen LogP contribution in [0.1, 0.15) is 29.3 Å². The van der Waals surface area contributed by atoms with Crippen molar-refractivity contribution in [1.29, 1.82) is 0 Å². The van der Waals surface area contributed by atoms with Gasteiger partial charge >= 0.3 is 0 Å². The molecule has 0 saturated carbocycles. The van der Waals surface area contributed by atoms with Crippen LogP contribution in [-0.4, -0.2) is 27.5 Å². The number of rotatable bonds is 6. The van der Waals surface area contributed by atoms with Crippen LogP contribution in [0.25, 0.3) is 0 Å². The minimum absolute atomic E-state index is 0.142. The zero-order chi connectivity index (χ0) is 13.1. The molecular formula is C11H18ClNO2S2. The van der Waals surface area contributed by atoms with Gasteiger partial charge in [-0.15, -0.1) is 11.3 Å². The van der Waals surface area contributed by atoms with Crippen LogP contribution < -0.4 is 5.32 Å². The summed E-state index contributed by atoms with van der Waals surface area (Å²) in [5, 5.41) is 6.02.